The SMILES string of the molecule is CCCN(CCO)C(=O)Nc1ccccc1OC. The van der Waals surface area contributed by atoms with E-state index in [1.807, 2.05) is 19.1 Å². The molecule has 0 bridgehead atoms. The maximum Gasteiger partial charge on any atom is 0.322 e. The number of anilines is 1. The van der Waals surface area contributed by atoms with Gasteiger partial charge in [0, 0.05) is 13.1 Å². The van der Waals surface area contributed by atoms with E-state index in [-0.39, 0.29) is 12.6 Å². The van der Waals surface area contributed by atoms with Crippen LogP contribution in [0.25, 0.3) is 0 Å². The summed E-state index contributed by atoms with van der Waals surface area (Å²) in [5.41, 5.74) is 0.629. The molecule has 18 heavy (non-hydrogen) atoms. The molecule has 0 aromatic heterocycles. The van der Waals surface area contributed by atoms with Gasteiger partial charge in [0.15, 0.2) is 0 Å². The maximum atomic E-state index is 12.0. The number of ether oxygens (including phenoxy) is 1. The Hall–Kier alpha value is -1.75. The highest BCUT2D eigenvalue weighted by Crippen LogP contribution is 2.23. The number of rotatable bonds is 6. The normalized spacial score (nSPS) is 9.94. The van der Waals surface area contributed by atoms with E-state index in [2.05, 4.69) is 5.32 Å². The molecule has 0 aliphatic carbocycles. The number of aliphatic hydroxyl groups is 1. The second-order valence-electron chi connectivity index (χ2n) is 3.84. The van der Waals surface area contributed by atoms with Gasteiger partial charge >= 0.3 is 6.03 Å². The summed E-state index contributed by atoms with van der Waals surface area (Å²) >= 11 is 0. The van der Waals surface area contributed by atoms with Crippen molar-refractivity contribution in [3.63, 3.8) is 0 Å². The third-order valence-electron chi connectivity index (χ3n) is 2.50. The number of hydrogen-bond donors (Lipinski definition) is 2. The van der Waals surface area contributed by atoms with E-state index < -0.39 is 0 Å². The van der Waals surface area contributed by atoms with Crippen LogP contribution in [-0.2, 0) is 0 Å². The third-order valence-corrected chi connectivity index (χ3v) is 2.50. The molecular formula is C13H20N2O3. The Bertz CT molecular complexity index is 376. The highest BCUT2D eigenvalue weighted by atomic mass is 16.5. The lowest BCUT2D eigenvalue weighted by molar-refractivity contribution is 0.188. The van der Waals surface area contributed by atoms with Gasteiger partial charge in [-0.3, -0.25) is 0 Å². The zero-order valence-electron chi connectivity index (χ0n) is 10.8. The molecule has 0 saturated heterocycles. The van der Waals surface area contributed by atoms with Crippen LogP contribution >= 0.6 is 0 Å². The van der Waals surface area contributed by atoms with Crippen molar-refractivity contribution < 1.29 is 14.6 Å². The van der Waals surface area contributed by atoms with Crippen molar-refractivity contribution in [3.05, 3.63) is 24.3 Å². The first-order valence-corrected chi connectivity index (χ1v) is 6.02. The number of methoxy groups -OCH3 is 1. The van der Waals surface area contributed by atoms with E-state index in [0.29, 0.717) is 24.5 Å². The molecule has 1 aromatic carbocycles. The van der Waals surface area contributed by atoms with Crippen LogP contribution in [0.1, 0.15) is 13.3 Å². The fourth-order valence-electron chi connectivity index (χ4n) is 1.65. The van der Waals surface area contributed by atoms with Gasteiger partial charge in [-0.05, 0) is 18.6 Å². The van der Waals surface area contributed by atoms with Crippen LogP contribution in [-0.4, -0.2) is 42.8 Å². The standard InChI is InChI=1S/C13H20N2O3/c1-3-8-15(9-10-16)13(17)14-11-6-4-5-7-12(11)18-2/h4-7,16H,3,8-10H2,1-2H3,(H,14,17). The zero-order chi connectivity index (χ0) is 13.4. The molecule has 1 rings (SSSR count). The molecule has 2 amide bonds. The monoisotopic (exact) mass is 252 g/mol. The summed E-state index contributed by atoms with van der Waals surface area (Å²) in [6.45, 7) is 2.89. The lowest BCUT2D eigenvalue weighted by atomic mass is 10.3. The number of aliphatic hydroxyl groups excluding tert-OH is 1. The second-order valence-corrected chi connectivity index (χ2v) is 3.84. The summed E-state index contributed by atoms with van der Waals surface area (Å²) < 4.78 is 5.16. The Morgan fingerprint density at radius 1 is 1.39 bits per heavy atom. The van der Waals surface area contributed by atoms with Crippen molar-refractivity contribution in [2.75, 3.05) is 32.1 Å². The third kappa shape index (κ3) is 3.92. The van der Waals surface area contributed by atoms with Gasteiger partial charge in [0.1, 0.15) is 5.75 Å². The molecule has 0 aliphatic rings. The van der Waals surface area contributed by atoms with Crippen LogP contribution in [0.4, 0.5) is 10.5 Å². The molecule has 5 heteroatoms. The van der Waals surface area contributed by atoms with E-state index in [1.165, 1.54) is 0 Å². The van der Waals surface area contributed by atoms with E-state index in [4.69, 9.17) is 9.84 Å². The summed E-state index contributed by atoms with van der Waals surface area (Å²) in [5.74, 6) is 0.617. The van der Waals surface area contributed by atoms with Crippen LogP contribution < -0.4 is 10.1 Å². The molecular weight excluding hydrogens is 232 g/mol. The summed E-state index contributed by atoms with van der Waals surface area (Å²) in [6.07, 6.45) is 0.847. The van der Waals surface area contributed by atoms with Gasteiger partial charge in [-0.1, -0.05) is 19.1 Å². The van der Waals surface area contributed by atoms with Crippen molar-refractivity contribution in [1.29, 1.82) is 0 Å². The Kier molecular flexibility index (Phi) is 6.00. The summed E-state index contributed by atoms with van der Waals surface area (Å²) in [4.78, 5) is 13.6. The lowest BCUT2D eigenvalue weighted by Crippen LogP contribution is -2.37. The highest BCUT2D eigenvalue weighted by molar-refractivity contribution is 5.90. The minimum atomic E-state index is -0.226. The fourth-order valence-corrected chi connectivity index (χ4v) is 1.65. The largest absolute Gasteiger partial charge is 0.495 e. The summed E-state index contributed by atoms with van der Waals surface area (Å²) in [7, 11) is 1.56. The van der Waals surface area contributed by atoms with Gasteiger partial charge in [-0.15, -0.1) is 0 Å². The smallest absolute Gasteiger partial charge is 0.322 e. The Balaban J connectivity index is 2.72. The zero-order valence-corrected chi connectivity index (χ0v) is 10.8. The van der Waals surface area contributed by atoms with Crippen LogP contribution in [0, 0.1) is 0 Å². The van der Waals surface area contributed by atoms with Gasteiger partial charge in [0.05, 0.1) is 19.4 Å². The Labute approximate surface area is 107 Å². The molecule has 0 atom stereocenters. The van der Waals surface area contributed by atoms with Gasteiger partial charge in [0.2, 0.25) is 0 Å². The fraction of sp³-hybridized carbons (Fsp3) is 0.462. The Morgan fingerprint density at radius 3 is 2.72 bits per heavy atom. The molecule has 0 heterocycles. The first-order chi connectivity index (χ1) is 8.72. The predicted octanol–water partition coefficient (Wildman–Crippen LogP) is 1.93. The van der Waals surface area contributed by atoms with Gasteiger partial charge < -0.3 is 20.1 Å². The maximum absolute atomic E-state index is 12.0. The van der Waals surface area contributed by atoms with Crippen LogP contribution in [0.15, 0.2) is 24.3 Å². The number of hydrogen-bond acceptors (Lipinski definition) is 3. The average molecular weight is 252 g/mol. The number of carbonyl (C=O) groups excluding carboxylic acids is 1. The van der Waals surface area contributed by atoms with Gasteiger partial charge in [-0.25, -0.2) is 4.79 Å². The number of nitrogens with one attached hydrogen (secondary N) is 1. The molecule has 0 radical (unpaired) electrons. The summed E-state index contributed by atoms with van der Waals surface area (Å²) in [6, 6.07) is 7.00. The molecule has 0 saturated carbocycles. The van der Waals surface area contributed by atoms with Crippen molar-refractivity contribution >= 4 is 11.7 Å². The molecule has 0 aliphatic heterocycles. The highest BCUT2D eigenvalue weighted by Gasteiger charge is 2.13. The minimum absolute atomic E-state index is 0.0423. The van der Waals surface area contributed by atoms with Crippen molar-refractivity contribution in [1.82, 2.24) is 4.90 Å². The number of carbonyl (C=O) groups is 1. The Morgan fingerprint density at radius 2 is 2.11 bits per heavy atom. The molecule has 0 fully saturated rings. The van der Waals surface area contributed by atoms with E-state index in [9.17, 15) is 4.79 Å². The molecule has 0 spiro atoms. The van der Waals surface area contributed by atoms with Crippen molar-refractivity contribution in [3.8, 4) is 5.75 Å². The van der Waals surface area contributed by atoms with E-state index in [1.54, 1.807) is 24.1 Å². The first kappa shape index (κ1) is 14.3. The van der Waals surface area contributed by atoms with Gasteiger partial charge in [-0.2, -0.15) is 0 Å². The number of benzene rings is 1. The number of urea groups is 1. The second kappa shape index (κ2) is 7.55. The molecule has 1 aromatic rings. The van der Waals surface area contributed by atoms with Crippen LogP contribution in [0.5, 0.6) is 5.75 Å². The molecule has 0 unspecified atom stereocenters. The topological polar surface area (TPSA) is 61.8 Å². The number of para-hydroxylation sites is 2. The minimum Gasteiger partial charge on any atom is -0.495 e. The quantitative estimate of drug-likeness (QED) is 0.813. The predicted molar refractivity (Wildman–Crippen MR) is 71.0 cm³/mol. The van der Waals surface area contributed by atoms with Crippen molar-refractivity contribution in [2.45, 2.75) is 13.3 Å². The average Bonchev–Trinajstić information content (AvgIpc) is 2.39. The number of nitrogens with zero attached hydrogens (tertiary/aromatic N) is 1. The van der Waals surface area contributed by atoms with E-state index in [0.717, 1.165) is 6.42 Å². The molecule has 5 nitrogen and oxygen atoms in total. The van der Waals surface area contributed by atoms with Crippen LogP contribution in [0.2, 0.25) is 0 Å². The molecule has 100 valence electrons. The lowest BCUT2D eigenvalue weighted by Gasteiger charge is -2.22. The summed E-state index contributed by atoms with van der Waals surface area (Å²) in [5, 5.41) is 11.7. The van der Waals surface area contributed by atoms with Crippen LogP contribution in [0.3, 0.4) is 0 Å². The van der Waals surface area contributed by atoms with Gasteiger partial charge in [0.25, 0.3) is 0 Å². The molecule has 2 N–H and O–H groups in total. The first-order valence-electron chi connectivity index (χ1n) is 6.02. The van der Waals surface area contributed by atoms with Crippen molar-refractivity contribution in [2.24, 2.45) is 0 Å². The van der Waals surface area contributed by atoms with E-state index >= 15 is 0 Å². The number of amides is 2.